The Hall–Kier alpha value is -4.19. The van der Waals surface area contributed by atoms with E-state index in [2.05, 4.69) is 10.3 Å². The fourth-order valence-corrected chi connectivity index (χ4v) is 3.59. The van der Waals surface area contributed by atoms with E-state index in [4.69, 9.17) is 0 Å². The molecule has 0 aliphatic heterocycles. The first-order chi connectivity index (χ1) is 16.4. The Kier molecular flexibility index (Phi) is 6.87. The zero-order valence-electron chi connectivity index (χ0n) is 18.1. The number of hydrogen-bond acceptors (Lipinski definition) is 2. The summed E-state index contributed by atoms with van der Waals surface area (Å²) in [6.07, 6.45) is -1.09. The molecule has 4 aromatic rings. The minimum Gasteiger partial charge on any atom is -0.347 e. The number of halogens is 3. The topological polar surface area (TPSA) is 42.0 Å². The number of carbonyl (C=O) groups is 1. The number of aromatic nitrogens is 1. The number of hydrogen-bond donors (Lipinski definition) is 1. The molecular formula is C28H21F3N2O. The van der Waals surface area contributed by atoms with E-state index in [-0.39, 0.29) is 12.2 Å². The lowest BCUT2D eigenvalue weighted by molar-refractivity contribution is -0.137. The Morgan fingerprint density at radius 3 is 2.18 bits per heavy atom. The summed E-state index contributed by atoms with van der Waals surface area (Å²) in [7, 11) is 0. The number of carbonyl (C=O) groups excluding carboxylic acids is 1. The van der Waals surface area contributed by atoms with Gasteiger partial charge in [-0.05, 0) is 58.2 Å². The molecule has 4 rings (SSSR count). The lowest BCUT2D eigenvalue weighted by Crippen LogP contribution is -2.24. The summed E-state index contributed by atoms with van der Waals surface area (Å²) < 4.78 is 40.6. The molecule has 0 spiro atoms. The van der Waals surface area contributed by atoms with E-state index in [1.54, 1.807) is 18.2 Å². The molecule has 3 nitrogen and oxygen atoms in total. The van der Waals surface area contributed by atoms with Crippen LogP contribution in [0.2, 0.25) is 0 Å². The highest BCUT2D eigenvalue weighted by Crippen LogP contribution is 2.34. The van der Waals surface area contributed by atoms with Crippen LogP contribution in [0.3, 0.4) is 0 Å². The van der Waals surface area contributed by atoms with Crippen molar-refractivity contribution in [3.63, 3.8) is 0 Å². The van der Waals surface area contributed by atoms with Crippen LogP contribution in [0.25, 0.3) is 11.6 Å². The molecule has 3 aromatic carbocycles. The zero-order valence-corrected chi connectivity index (χ0v) is 18.1. The third-order valence-electron chi connectivity index (χ3n) is 5.26. The highest BCUT2D eigenvalue weighted by molar-refractivity contribution is 5.94. The summed E-state index contributed by atoms with van der Waals surface area (Å²) in [4.78, 5) is 16.5. The maximum Gasteiger partial charge on any atom is 0.416 e. The van der Waals surface area contributed by atoms with Crippen molar-refractivity contribution in [3.05, 3.63) is 137 Å². The van der Waals surface area contributed by atoms with Crippen molar-refractivity contribution in [1.29, 1.82) is 0 Å². The summed E-state index contributed by atoms with van der Waals surface area (Å²) >= 11 is 0. The summed E-state index contributed by atoms with van der Waals surface area (Å²) in [5.74, 6) is -0.461. The monoisotopic (exact) mass is 458 g/mol. The normalized spacial score (nSPS) is 11.8. The Bertz CT molecular complexity index is 1290. The van der Waals surface area contributed by atoms with Crippen LogP contribution in [0.4, 0.5) is 13.2 Å². The second kappa shape index (κ2) is 10.2. The van der Waals surface area contributed by atoms with Gasteiger partial charge in [0.25, 0.3) is 5.91 Å². The van der Waals surface area contributed by atoms with Crippen molar-refractivity contribution in [2.75, 3.05) is 0 Å². The number of amides is 1. The highest BCUT2D eigenvalue weighted by Gasteiger charge is 2.31. The Labute approximate surface area is 195 Å². The molecule has 170 valence electrons. The van der Waals surface area contributed by atoms with Crippen molar-refractivity contribution < 1.29 is 18.0 Å². The van der Waals surface area contributed by atoms with E-state index in [0.717, 1.165) is 28.8 Å². The summed E-state index contributed by atoms with van der Waals surface area (Å²) in [5.41, 5.74) is 2.88. The molecule has 0 saturated heterocycles. The molecule has 6 heteroatoms. The predicted octanol–water partition coefficient (Wildman–Crippen LogP) is 6.62. The van der Waals surface area contributed by atoms with Gasteiger partial charge in [-0.25, -0.2) is 0 Å². The van der Waals surface area contributed by atoms with Gasteiger partial charge >= 0.3 is 6.18 Å². The smallest absolute Gasteiger partial charge is 0.347 e. The van der Waals surface area contributed by atoms with E-state index in [1.807, 2.05) is 66.7 Å². The molecule has 0 saturated carbocycles. The molecule has 1 amide bonds. The lowest BCUT2D eigenvalue weighted by atomic mass is 9.91. The zero-order chi connectivity index (χ0) is 24.0. The van der Waals surface area contributed by atoms with Gasteiger partial charge in [-0.1, -0.05) is 72.8 Å². The van der Waals surface area contributed by atoms with Crippen LogP contribution in [-0.2, 0) is 12.7 Å². The van der Waals surface area contributed by atoms with E-state index < -0.39 is 17.6 Å². The third kappa shape index (κ3) is 5.59. The molecule has 0 radical (unpaired) electrons. The Morgan fingerprint density at radius 2 is 1.53 bits per heavy atom. The van der Waals surface area contributed by atoms with Gasteiger partial charge < -0.3 is 5.32 Å². The van der Waals surface area contributed by atoms with Gasteiger partial charge in [0.1, 0.15) is 5.69 Å². The van der Waals surface area contributed by atoms with Crippen LogP contribution in [0, 0.1) is 0 Å². The number of benzene rings is 3. The maximum atomic E-state index is 13.5. The lowest BCUT2D eigenvalue weighted by Gasteiger charge is -2.17. The van der Waals surface area contributed by atoms with Crippen LogP contribution in [-0.4, -0.2) is 10.9 Å². The Morgan fingerprint density at radius 1 is 0.853 bits per heavy atom. The molecule has 1 aromatic heterocycles. The minimum absolute atomic E-state index is 0.0897. The van der Waals surface area contributed by atoms with Crippen LogP contribution < -0.4 is 5.32 Å². The molecule has 0 fully saturated rings. The number of pyridine rings is 1. The first-order valence-corrected chi connectivity index (χ1v) is 10.6. The van der Waals surface area contributed by atoms with Crippen molar-refractivity contribution in [1.82, 2.24) is 10.3 Å². The summed E-state index contributed by atoms with van der Waals surface area (Å²) in [6.45, 7) is -0.0897. The SMILES string of the molecule is O=C(NCc1cc(C(F)(F)F)ccc1/C(=C/c1ccccc1)c1ccccc1)c1ccccn1. The molecular weight excluding hydrogens is 437 g/mol. The molecule has 1 heterocycles. The van der Waals surface area contributed by atoms with Gasteiger partial charge in [0.15, 0.2) is 0 Å². The quantitative estimate of drug-likeness (QED) is 0.330. The van der Waals surface area contributed by atoms with Gasteiger partial charge in [0.05, 0.1) is 5.56 Å². The molecule has 1 N–H and O–H groups in total. The van der Waals surface area contributed by atoms with Gasteiger partial charge in [-0.3, -0.25) is 9.78 Å². The average molecular weight is 458 g/mol. The molecule has 0 aliphatic rings. The maximum absolute atomic E-state index is 13.5. The van der Waals surface area contributed by atoms with E-state index in [9.17, 15) is 18.0 Å². The predicted molar refractivity (Wildman–Crippen MR) is 127 cm³/mol. The fourth-order valence-electron chi connectivity index (χ4n) is 3.59. The van der Waals surface area contributed by atoms with Crippen LogP contribution >= 0.6 is 0 Å². The standard InChI is InChI=1S/C28H21F3N2O/c29-28(30,31)23-14-15-24(22(18-23)19-33-27(34)26-13-7-8-16-32-26)25(21-11-5-2-6-12-21)17-20-9-3-1-4-10-20/h1-18H,19H2,(H,33,34)/b25-17+. The van der Waals surface area contributed by atoms with Crippen molar-refractivity contribution >= 4 is 17.6 Å². The molecule has 0 aliphatic carbocycles. The van der Waals surface area contributed by atoms with Crippen LogP contribution in [0.1, 0.15) is 38.3 Å². The largest absolute Gasteiger partial charge is 0.416 e. The summed E-state index contributed by atoms with van der Waals surface area (Å²) in [5, 5.41) is 2.71. The molecule has 0 bridgehead atoms. The van der Waals surface area contributed by atoms with Crippen molar-refractivity contribution in [2.45, 2.75) is 12.7 Å². The third-order valence-corrected chi connectivity index (χ3v) is 5.26. The molecule has 0 unspecified atom stereocenters. The van der Waals surface area contributed by atoms with Gasteiger partial charge in [-0.2, -0.15) is 13.2 Å². The number of alkyl halides is 3. The first kappa shape index (κ1) is 23.0. The Balaban J connectivity index is 1.79. The van der Waals surface area contributed by atoms with Crippen molar-refractivity contribution in [2.24, 2.45) is 0 Å². The molecule has 0 atom stereocenters. The molecule has 34 heavy (non-hydrogen) atoms. The van der Waals surface area contributed by atoms with Gasteiger partial charge in [0, 0.05) is 12.7 Å². The number of nitrogens with zero attached hydrogens (tertiary/aromatic N) is 1. The van der Waals surface area contributed by atoms with Crippen LogP contribution in [0.15, 0.2) is 103 Å². The second-order valence-electron chi connectivity index (χ2n) is 7.60. The van der Waals surface area contributed by atoms with E-state index in [1.165, 1.54) is 12.3 Å². The second-order valence-corrected chi connectivity index (χ2v) is 7.60. The minimum atomic E-state index is -4.51. The van der Waals surface area contributed by atoms with Gasteiger partial charge in [-0.15, -0.1) is 0 Å². The average Bonchev–Trinajstić information content (AvgIpc) is 2.87. The van der Waals surface area contributed by atoms with Crippen molar-refractivity contribution in [3.8, 4) is 0 Å². The first-order valence-electron chi connectivity index (χ1n) is 10.6. The highest BCUT2D eigenvalue weighted by atomic mass is 19.4. The number of rotatable bonds is 6. The summed E-state index contributed by atoms with van der Waals surface area (Å²) in [6, 6.07) is 27.5. The van der Waals surface area contributed by atoms with E-state index >= 15 is 0 Å². The van der Waals surface area contributed by atoms with Gasteiger partial charge in [0.2, 0.25) is 0 Å². The van der Waals surface area contributed by atoms with E-state index in [0.29, 0.717) is 11.1 Å². The fraction of sp³-hybridized carbons (Fsp3) is 0.0714. The number of nitrogens with one attached hydrogen (secondary N) is 1. The van der Waals surface area contributed by atoms with Crippen LogP contribution in [0.5, 0.6) is 0 Å².